The summed E-state index contributed by atoms with van der Waals surface area (Å²) in [6.07, 6.45) is 1.34. The number of carbonyl (C=O) groups is 2. The highest BCUT2D eigenvalue weighted by atomic mass is 16.5. The maximum atomic E-state index is 13.6. The lowest BCUT2D eigenvalue weighted by Gasteiger charge is -2.38. The largest absolute Gasteiger partial charge is 0.486 e. The number of rotatable bonds is 8. The monoisotopic (exact) mass is 508 g/mol. The predicted molar refractivity (Wildman–Crippen MR) is 145 cm³/mol. The number of hydrogen-bond acceptors (Lipinski definition) is 6. The molecule has 1 fully saturated rings. The number of ether oxygens (including phenoxy) is 1. The summed E-state index contributed by atoms with van der Waals surface area (Å²) in [4.78, 5) is 30.7. The number of para-hydroxylation sites is 1. The van der Waals surface area contributed by atoms with E-state index in [-0.39, 0.29) is 42.4 Å². The fourth-order valence-corrected chi connectivity index (χ4v) is 5.15. The van der Waals surface area contributed by atoms with E-state index in [4.69, 9.17) is 4.74 Å². The lowest BCUT2D eigenvalue weighted by molar-refractivity contribution is -0.120. The van der Waals surface area contributed by atoms with Crippen LogP contribution in [0, 0.1) is 11.8 Å². The zero-order valence-corrected chi connectivity index (χ0v) is 22.2. The topological polar surface area (TPSA) is 94.1 Å². The van der Waals surface area contributed by atoms with Crippen molar-refractivity contribution in [2.24, 2.45) is 11.8 Å². The second-order valence-electron chi connectivity index (χ2n) is 10.5. The van der Waals surface area contributed by atoms with Gasteiger partial charge in [-0.2, -0.15) is 0 Å². The van der Waals surface area contributed by atoms with Crippen molar-refractivity contribution >= 4 is 17.5 Å². The number of piperidine rings is 1. The number of nitrogens with one attached hydrogen (secondary N) is 2. The second-order valence-corrected chi connectivity index (χ2v) is 10.5. The van der Waals surface area contributed by atoms with Crippen LogP contribution in [0.2, 0.25) is 0 Å². The molecular formula is C29H40N4O4. The van der Waals surface area contributed by atoms with Gasteiger partial charge in [-0.1, -0.05) is 43.3 Å². The van der Waals surface area contributed by atoms with E-state index in [1.165, 1.54) is 5.56 Å². The van der Waals surface area contributed by atoms with Crippen LogP contribution in [-0.4, -0.2) is 78.7 Å². The van der Waals surface area contributed by atoms with Gasteiger partial charge in [-0.25, -0.2) is 0 Å². The van der Waals surface area contributed by atoms with E-state index < -0.39 is 0 Å². The molecule has 2 aliphatic rings. The summed E-state index contributed by atoms with van der Waals surface area (Å²) in [7, 11) is 2.06. The third-order valence-corrected chi connectivity index (χ3v) is 7.45. The summed E-state index contributed by atoms with van der Waals surface area (Å²) >= 11 is 0. The molecule has 3 unspecified atom stereocenters. The van der Waals surface area contributed by atoms with E-state index in [2.05, 4.69) is 41.6 Å². The van der Waals surface area contributed by atoms with Crippen LogP contribution in [0.25, 0.3) is 0 Å². The van der Waals surface area contributed by atoms with Gasteiger partial charge in [0.15, 0.2) is 5.75 Å². The quantitative estimate of drug-likeness (QED) is 0.508. The van der Waals surface area contributed by atoms with Crippen molar-refractivity contribution in [1.82, 2.24) is 15.1 Å². The molecule has 0 radical (unpaired) electrons. The summed E-state index contributed by atoms with van der Waals surface area (Å²) in [6.45, 7) is 7.32. The summed E-state index contributed by atoms with van der Waals surface area (Å²) in [5.74, 6) is 0.0999. The van der Waals surface area contributed by atoms with Gasteiger partial charge in [0.2, 0.25) is 5.91 Å². The van der Waals surface area contributed by atoms with Crippen molar-refractivity contribution in [2.45, 2.75) is 45.4 Å². The first-order valence-corrected chi connectivity index (χ1v) is 13.3. The first-order chi connectivity index (χ1) is 17.9. The number of aliphatic hydroxyl groups is 1. The first kappa shape index (κ1) is 27.1. The molecular weight excluding hydrogens is 468 g/mol. The Bertz CT molecular complexity index is 1060. The Labute approximate surface area is 220 Å². The smallest absolute Gasteiger partial charge is 0.258 e. The molecule has 0 bridgehead atoms. The molecule has 2 aliphatic heterocycles. The fraction of sp³-hybridized carbons (Fsp3) is 0.517. The maximum absolute atomic E-state index is 13.6. The third kappa shape index (κ3) is 6.69. The first-order valence-electron chi connectivity index (χ1n) is 13.3. The number of aliphatic hydroxyl groups excluding tert-OH is 1. The molecule has 3 atom stereocenters. The number of carbonyl (C=O) groups excluding carboxylic acids is 2. The van der Waals surface area contributed by atoms with Crippen molar-refractivity contribution < 1.29 is 19.4 Å². The highest BCUT2D eigenvalue weighted by molar-refractivity contribution is 6.02. The maximum Gasteiger partial charge on any atom is 0.258 e. The van der Waals surface area contributed by atoms with E-state index in [1.54, 1.807) is 17.0 Å². The van der Waals surface area contributed by atoms with Crippen LogP contribution in [0.3, 0.4) is 0 Å². The minimum atomic E-state index is -0.336. The van der Waals surface area contributed by atoms with Gasteiger partial charge in [0.25, 0.3) is 5.91 Å². The molecule has 2 aromatic rings. The molecule has 37 heavy (non-hydrogen) atoms. The molecule has 1 saturated heterocycles. The second kappa shape index (κ2) is 12.5. The van der Waals surface area contributed by atoms with Gasteiger partial charge in [-0.15, -0.1) is 0 Å². The number of amides is 2. The lowest BCUT2D eigenvalue weighted by atomic mass is 9.96. The average molecular weight is 509 g/mol. The van der Waals surface area contributed by atoms with Crippen molar-refractivity contribution in [3.8, 4) is 5.75 Å². The Balaban J connectivity index is 1.63. The molecule has 2 amide bonds. The Morgan fingerprint density at radius 1 is 1.19 bits per heavy atom. The Morgan fingerprint density at radius 3 is 2.62 bits per heavy atom. The SMILES string of the molecule is CC1CN(C(C)CO)C(=O)c2cccc(NC(=O)C3CCNCC3)c2OC1CN(C)Cc1ccccc1. The van der Waals surface area contributed by atoms with E-state index in [1.807, 2.05) is 31.2 Å². The van der Waals surface area contributed by atoms with Crippen LogP contribution < -0.4 is 15.4 Å². The molecule has 8 heteroatoms. The molecule has 0 spiro atoms. The molecule has 200 valence electrons. The van der Waals surface area contributed by atoms with Gasteiger partial charge in [0.1, 0.15) is 6.10 Å². The highest BCUT2D eigenvalue weighted by Crippen LogP contribution is 2.35. The Hall–Kier alpha value is -2.94. The minimum Gasteiger partial charge on any atom is -0.486 e. The van der Waals surface area contributed by atoms with Gasteiger partial charge in [-0.3, -0.25) is 14.5 Å². The lowest BCUT2D eigenvalue weighted by Crippen LogP contribution is -2.49. The van der Waals surface area contributed by atoms with Gasteiger partial charge in [0.05, 0.1) is 23.9 Å². The zero-order chi connectivity index (χ0) is 26.4. The van der Waals surface area contributed by atoms with Crippen LogP contribution in [0.1, 0.15) is 42.6 Å². The molecule has 0 aliphatic carbocycles. The number of nitrogens with zero attached hydrogens (tertiary/aromatic N) is 2. The molecule has 8 nitrogen and oxygen atoms in total. The number of anilines is 1. The predicted octanol–water partition coefficient (Wildman–Crippen LogP) is 2.98. The average Bonchev–Trinajstić information content (AvgIpc) is 2.91. The fourth-order valence-electron chi connectivity index (χ4n) is 5.15. The van der Waals surface area contributed by atoms with Gasteiger partial charge in [-0.05, 0) is 57.6 Å². The van der Waals surface area contributed by atoms with Gasteiger partial charge in [0, 0.05) is 31.5 Å². The van der Waals surface area contributed by atoms with Crippen molar-refractivity contribution in [1.29, 1.82) is 0 Å². The number of likely N-dealkylation sites (N-methyl/N-ethyl adjacent to an activating group) is 1. The van der Waals surface area contributed by atoms with Crippen molar-refractivity contribution in [2.75, 3.05) is 45.2 Å². The van der Waals surface area contributed by atoms with Crippen molar-refractivity contribution in [3.63, 3.8) is 0 Å². The Morgan fingerprint density at radius 2 is 1.92 bits per heavy atom. The minimum absolute atomic E-state index is 0.00231. The summed E-state index contributed by atoms with van der Waals surface area (Å²) in [6, 6.07) is 15.3. The molecule has 4 rings (SSSR count). The summed E-state index contributed by atoms with van der Waals surface area (Å²) in [5.41, 5.74) is 2.14. The van der Waals surface area contributed by atoms with E-state index in [0.717, 1.165) is 32.5 Å². The van der Waals surface area contributed by atoms with E-state index >= 15 is 0 Å². The summed E-state index contributed by atoms with van der Waals surface area (Å²) in [5, 5.41) is 16.3. The van der Waals surface area contributed by atoms with Gasteiger partial charge < -0.3 is 25.4 Å². The van der Waals surface area contributed by atoms with Crippen molar-refractivity contribution in [3.05, 3.63) is 59.7 Å². The standard InChI is InChI=1S/C29H40N4O4/c1-20-16-33(21(2)19-34)29(36)24-10-7-11-25(31-28(35)23-12-14-30-15-13-23)27(24)37-26(20)18-32(3)17-22-8-5-4-6-9-22/h4-11,20-21,23,26,30,34H,12-19H2,1-3H3,(H,31,35). The highest BCUT2D eigenvalue weighted by Gasteiger charge is 2.35. The van der Waals surface area contributed by atoms with Crippen LogP contribution in [0.5, 0.6) is 5.75 Å². The van der Waals surface area contributed by atoms with Crippen LogP contribution in [-0.2, 0) is 11.3 Å². The van der Waals surface area contributed by atoms with Crippen LogP contribution in [0.4, 0.5) is 5.69 Å². The molecule has 2 aromatic carbocycles. The molecule has 3 N–H and O–H groups in total. The molecule has 2 heterocycles. The Kier molecular flexibility index (Phi) is 9.18. The summed E-state index contributed by atoms with van der Waals surface area (Å²) < 4.78 is 6.63. The van der Waals surface area contributed by atoms with Crippen LogP contribution in [0.15, 0.2) is 48.5 Å². The normalized spacial score (nSPS) is 21.5. The number of fused-ring (bicyclic) bond motifs is 1. The molecule has 0 saturated carbocycles. The number of benzene rings is 2. The zero-order valence-electron chi connectivity index (χ0n) is 22.2. The van der Waals surface area contributed by atoms with E-state index in [9.17, 15) is 14.7 Å². The van der Waals surface area contributed by atoms with Gasteiger partial charge >= 0.3 is 0 Å². The molecule has 0 aromatic heterocycles. The van der Waals surface area contributed by atoms with Crippen LogP contribution >= 0.6 is 0 Å². The van der Waals surface area contributed by atoms with E-state index in [0.29, 0.717) is 30.1 Å². The third-order valence-electron chi connectivity index (χ3n) is 7.45. The number of hydrogen-bond donors (Lipinski definition) is 3.